The molecule has 0 amide bonds. The fourth-order valence-electron chi connectivity index (χ4n) is 6.84. The molecule has 1 spiro atoms. The van der Waals surface area contributed by atoms with Crippen molar-refractivity contribution in [1.29, 1.82) is 0 Å². The van der Waals surface area contributed by atoms with Crippen molar-refractivity contribution in [3.8, 4) is 11.5 Å². The molecule has 2 aromatic carbocycles. The Bertz CT molecular complexity index is 1320. The first-order chi connectivity index (χ1) is 18.9. The minimum absolute atomic E-state index is 0.0971. The number of carbonyl (C=O) groups excluding carboxylic acids is 2. The van der Waals surface area contributed by atoms with Gasteiger partial charge in [-0.25, -0.2) is 0 Å². The first kappa shape index (κ1) is 25.6. The Morgan fingerprint density at radius 2 is 1.97 bits per heavy atom. The molecule has 0 aromatic heterocycles. The highest BCUT2D eigenvalue weighted by Crippen LogP contribution is 2.55. The molecule has 2 aromatic rings. The van der Waals surface area contributed by atoms with Crippen LogP contribution < -0.4 is 15.2 Å². The number of nitrogen functional groups attached to an aromatic ring is 1. The molecule has 9 nitrogen and oxygen atoms in total. The van der Waals surface area contributed by atoms with Gasteiger partial charge in [0.15, 0.2) is 17.6 Å². The summed E-state index contributed by atoms with van der Waals surface area (Å²) in [7, 11) is 2.94. The zero-order valence-corrected chi connectivity index (χ0v) is 22.3. The molecule has 4 atom stereocenters. The molecule has 0 bridgehead atoms. The van der Waals surface area contributed by atoms with Crippen molar-refractivity contribution in [1.82, 2.24) is 4.90 Å². The maximum Gasteiger partial charge on any atom is 0.310 e. The SMILES string of the molecule is COC(=O)C[C@H](Cc1cccc(N)c1)C(=O)O[C@@H]1C(OC)=C[C@]23CCCN2CCc2cc4c(cc2[C@H]13)OCO4. The minimum Gasteiger partial charge on any atom is -0.497 e. The Hall–Kier alpha value is -3.72. The van der Waals surface area contributed by atoms with Crippen LogP contribution in [0.25, 0.3) is 0 Å². The highest BCUT2D eigenvalue weighted by molar-refractivity contribution is 5.80. The number of hydrogen-bond donors (Lipinski definition) is 1. The summed E-state index contributed by atoms with van der Waals surface area (Å²) in [4.78, 5) is 28.7. The number of carbonyl (C=O) groups is 2. The molecule has 0 saturated carbocycles. The number of fused-ring (bicyclic) bond motifs is 3. The van der Waals surface area contributed by atoms with Crippen molar-refractivity contribution >= 4 is 17.6 Å². The molecule has 206 valence electrons. The van der Waals surface area contributed by atoms with Crippen LogP contribution >= 0.6 is 0 Å². The number of methoxy groups -OCH3 is 2. The lowest BCUT2D eigenvalue weighted by Gasteiger charge is -2.39. The Labute approximate surface area is 227 Å². The molecule has 9 heteroatoms. The van der Waals surface area contributed by atoms with Gasteiger partial charge in [0.1, 0.15) is 5.76 Å². The van der Waals surface area contributed by atoms with Gasteiger partial charge in [-0.1, -0.05) is 12.1 Å². The van der Waals surface area contributed by atoms with Gasteiger partial charge in [0, 0.05) is 12.2 Å². The van der Waals surface area contributed by atoms with Crippen LogP contribution in [-0.2, 0) is 36.6 Å². The first-order valence-corrected chi connectivity index (χ1v) is 13.5. The molecule has 1 saturated heterocycles. The van der Waals surface area contributed by atoms with Crippen molar-refractivity contribution in [3.63, 3.8) is 0 Å². The molecule has 39 heavy (non-hydrogen) atoms. The lowest BCUT2D eigenvalue weighted by Crippen LogP contribution is -2.47. The summed E-state index contributed by atoms with van der Waals surface area (Å²) in [5.74, 6) is 0.219. The molecule has 4 aliphatic rings. The number of nitrogens with zero attached hydrogens (tertiary/aromatic N) is 1. The molecule has 3 heterocycles. The lowest BCUT2D eigenvalue weighted by molar-refractivity contribution is -0.159. The van der Waals surface area contributed by atoms with Crippen molar-refractivity contribution in [2.45, 2.75) is 49.7 Å². The molecule has 6 rings (SSSR count). The third-order valence-electron chi connectivity index (χ3n) is 8.61. The van der Waals surface area contributed by atoms with Crippen molar-refractivity contribution in [2.75, 3.05) is 39.8 Å². The fourth-order valence-corrected chi connectivity index (χ4v) is 6.84. The third-order valence-corrected chi connectivity index (χ3v) is 8.61. The van der Waals surface area contributed by atoms with E-state index in [1.165, 1.54) is 7.11 Å². The van der Waals surface area contributed by atoms with Gasteiger partial charge in [0.05, 0.1) is 38.0 Å². The van der Waals surface area contributed by atoms with E-state index in [2.05, 4.69) is 23.1 Å². The summed E-state index contributed by atoms with van der Waals surface area (Å²) in [5, 5.41) is 0. The lowest BCUT2D eigenvalue weighted by atomic mass is 9.77. The van der Waals surface area contributed by atoms with Gasteiger partial charge in [-0.15, -0.1) is 0 Å². The Balaban J connectivity index is 1.36. The fraction of sp³-hybridized carbons (Fsp3) is 0.467. The summed E-state index contributed by atoms with van der Waals surface area (Å²) in [6.45, 7) is 2.04. The topological polar surface area (TPSA) is 110 Å². The third kappa shape index (κ3) is 4.48. The van der Waals surface area contributed by atoms with Crippen LogP contribution in [0.15, 0.2) is 48.2 Å². The van der Waals surface area contributed by atoms with E-state index in [1.807, 2.05) is 18.2 Å². The van der Waals surface area contributed by atoms with E-state index < -0.39 is 24.0 Å². The number of ether oxygens (including phenoxy) is 5. The number of benzene rings is 2. The number of nitrogens with two attached hydrogens (primary N) is 1. The van der Waals surface area contributed by atoms with Crippen LogP contribution in [0.2, 0.25) is 0 Å². The highest BCUT2D eigenvalue weighted by atomic mass is 16.7. The second-order valence-corrected chi connectivity index (χ2v) is 10.7. The van der Waals surface area contributed by atoms with Gasteiger partial charge < -0.3 is 29.4 Å². The zero-order chi connectivity index (χ0) is 27.1. The predicted octanol–water partition coefficient (Wildman–Crippen LogP) is 3.35. The van der Waals surface area contributed by atoms with E-state index >= 15 is 0 Å². The average Bonchev–Trinajstić information content (AvgIpc) is 3.61. The Morgan fingerprint density at radius 1 is 1.15 bits per heavy atom. The zero-order valence-electron chi connectivity index (χ0n) is 22.3. The second kappa shape index (κ2) is 10.1. The number of anilines is 1. The van der Waals surface area contributed by atoms with Gasteiger partial charge in [-0.3, -0.25) is 14.5 Å². The summed E-state index contributed by atoms with van der Waals surface area (Å²) < 4.78 is 28.6. The van der Waals surface area contributed by atoms with E-state index in [0.29, 0.717) is 23.6 Å². The van der Waals surface area contributed by atoms with Crippen molar-refractivity contribution < 1.29 is 33.3 Å². The van der Waals surface area contributed by atoms with Crippen LogP contribution in [0.1, 0.15) is 41.9 Å². The van der Waals surface area contributed by atoms with Crippen LogP contribution in [0.3, 0.4) is 0 Å². The van der Waals surface area contributed by atoms with E-state index in [0.717, 1.165) is 54.8 Å². The maximum absolute atomic E-state index is 13.8. The molecular formula is C30H34N2O7. The predicted molar refractivity (Wildman–Crippen MR) is 142 cm³/mol. The molecule has 2 N–H and O–H groups in total. The van der Waals surface area contributed by atoms with E-state index in [-0.39, 0.29) is 24.7 Å². The van der Waals surface area contributed by atoms with Crippen LogP contribution in [0.4, 0.5) is 5.69 Å². The van der Waals surface area contributed by atoms with E-state index in [9.17, 15) is 9.59 Å². The number of esters is 2. The highest BCUT2D eigenvalue weighted by Gasteiger charge is 2.58. The molecule has 1 fully saturated rings. The standard InChI is InChI=1S/C30H34N2O7/c1-35-25-16-30-8-4-9-32(30)10-7-19-13-23-24(38-17-37-23)15-22(19)27(30)28(25)39-29(34)20(14-26(33)36-2)11-18-5-3-6-21(31)12-18/h3,5-6,12-13,15-16,20,27-28H,4,7-11,14,17,31H2,1-2H3/t20-,27+,28+,30-/m0/s1. The summed E-state index contributed by atoms with van der Waals surface area (Å²) in [5.41, 5.74) is 9.33. The average molecular weight is 535 g/mol. The van der Waals surface area contributed by atoms with Gasteiger partial charge in [-0.2, -0.15) is 0 Å². The molecule has 0 unspecified atom stereocenters. The number of hydrogen-bond acceptors (Lipinski definition) is 9. The van der Waals surface area contributed by atoms with Gasteiger partial charge in [-0.05, 0) is 79.3 Å². The van der Waals surface area contributed by atoms with E-state index in [4.69, 9.17) is 29.4 Å². The van der Waals surface area contributed by atoms with Gasteiger partial charge >= 0.3 is 11.9 Å². The normalized spacial score (nSPS) is 25.5. The van der Waals surface area contributed by atoms with Gasteiger partial charge in [0.25, 0.3) is 0 Å². The summed E-state index contributed by atoms with van der Waals surface area (Å²) in [6, 6.07) is 11.4. The van der Waals surface area contributed by atoms with Crippen LogP contribution in [0, 0.1) is 5.92 Å². The molecule has 1 aliphatic carbocycles. The largest absolute Gasteiger partial charge is 0.497 e. The maximum atomic E-state index is 13.8. The molecular weight excluding hydrogens is 500 g/mol. The monoisotopic (exact) mass is 534 g/mol. The summed E-state index contributed by atoms with van der Waals surface area (Å²) >= 11 is 0. The second-order valence-electron chi connectivity index (χ2n) is 10.7. The quantitative estimate of drug-likeness (QED) is 0.422. The van der Waals surface area contributed by atoms with E-state index in [1.54, 1.807) is 13.2 Å². The van der Waals surface area contributed by atoms with Gasteiger partial charge in [0.2, 0.25) is 6.79 Å². The number of rotatable bonds is 7. The Kier molecular flexibility index (Phi) is 6.62. The van der Waals surface area contributed by atoms with Crippen LogP contribution in [0.5, 0.6) is 11.5 Å². The summed E-state index contributed by atoms with van der Waals surface area (Å²) in [6.07, 6.45) is 4.56. The van der Waals surface area contributed by atoms with Crippen molar-refractivity contribution in [3.05, 3.63) is 64.9 Å². The van der Waals surface area contributed by atoms with Crippen molar-refractivity contribution in [2.24, 2.45) is 5.92 Å². The first-order valence-electron chi connectivity index (χ1n) is 13.5. The van der Waals surface area contributed by atoms with Crippen LogP contribution in [-0.4, -0.2) is 62.6 Å². The molecule has 0 radical (unpaired) electrons. The smallest absolute Gasteiger partial charge is 0.310 e. The Morgan fingerprint density at radius 3 is 2.74 bits per heavy atom. The molecule has 3 aliphatic heterocycles. The minimum atomic E-state index is -0.740.